The monoisotopic (exact) mass is 251 g/mol. The number of aryl methyl sites for hydroxylation is 3. The largest absolute Gasteiger partial charge is 0.399 e. The lowest BCUT2D eigenvalue weighted by molar-refractivity contribution is 0.957. The van der Waals surface area contributed by atoms with E-state index < -0.39 is 0 Å². The Morgan fingerprint density at radius 1 is 1.05 bits per heavy atom. The molecule has 0 aliphatic heterocycles. The smallest absolute Gasteiger partial charge is 0.141 e. The maximum absolute atomic E-state index is 5.90. The number of imidazole rings is 1. The second-order valence-electron chi connectivity index (χ2n) is 5.06. The van der Waals surface area contributed by atoms with Crippen molar-refractivity contribution in [2.75, 3.05) is 5.73 Å². The molecule has 3 nitrogen and oxygen atoms in total. The minimum Gasteiger partial charge on any atom is -0.399 e. The molecule has 1 aromatic heterocycles. The van der Waals surface area contributed by atoms with Gasteiger partial charge in [-0.05, 0) is 49.2 Å². The number of hydrogen-bond acceptors (Lipinski definition) is 2. The molecular formula is C16H17N3. The highest BCUT2D eigenvalue weighted by atomic mass is 15.1. The summed E-state index contributed by atoms with van der Waals surface area (Å²) < 4.78 is 2.12. The summed E-state index contributed by atoms with van der Waals surface area (Å²) in [4.78, 5) is 4.75. The maximum Gasteiger partial charge on any atom is 0.141 e. The second-order valence-corrected chi connectivity index (χ2v) is 5.06. The molecule has 96 valence electrons. The lowest BCUT2D eigenvalue weighted by Crippen LogP contribution is -1.96. The van der Waals surface area contributed by atoms with Gasteiger partial charge in [-0.15, -0.1) is 0 Å². The maximum atomic E-state index is 5.90. The van der Waals surface area contributed by atoms with Gasteiger partial charge in [0.25, 0.3) is 0 Å². The molecule has 3 heteroatoms. The van der Waals surface area contributed by atoms with E-state index in [1.165, 1.54) is 11.1 Å². The van der Waals surface area contributed by atoms with Gasteiger partial charge in [0.05, 0.1) is 11.0 Å². The molecule has 0 fully saturated rings. The average molecular weight is 251 g/mol. The van der Waals surface area contributed by atoms with Crippen LogP contribution in [-0.4, -0.2) is 9.55 Å². The fourth-order valence-electron chi connectivity index (χ4n) is 2.43. The highest BCUT2D eigenvalue weighted by Crippen LogP contribution is 2.28. The van der Waals surface area contributed by atoms with Crippen LogP contribution in [0, 0.1) is 13.8 Å². The lowest BCUT2D eigenvalue weighted by atomic mass is 10.1. The van der Waals surface area contributed by atoms with Gasteiger partial charge in [0.15, 0.2) is 0 Å². The van der Waals surface area contributed by atoms with Crippen LogP contribution in [0.3, 0.4) is 0 Å². The number of aromatic nitrogens is 2. The van der Waals surface area contributed by atoms with Crippen LogP contribution in [0.4, 0.5) is 5.69 Å². The third kappa shape index (κ3) is 1.87. The van der Waals surface area contributed by atoms with Crippen LogP contribution in [0.2, 0.25) is 0 Å². The topological polar surface area (TPSA) is 43.8 Å². The fourth-order valence-corrected chi connectivity index (χ4v) is 2.43. The van der Waals surface area contributed by atoms with Crippen molar-refractivity contribution in [1.29, 1.82) is 0 Å². The minimum absolute atomic E-state index is 0.767. The third-order valence-electron chi connectivity index (χ3n) is 3.54. The van der Waals surface area contributed by atoms with E-state index in [1.807, 2.05) is 25.2 Å². The number of rotatable bonds is 1. The van der Waals surface area contributed by atoms with Crippen molar-refractivity contribution >= 4 is 16.7 Å². The molecule has 2 aromatic carbocycles. The van der Waals surface area contributed by atoms with Gasteiger partial charge in [0.1, 0.15) is 5.82 Å². The summed E-state index contributed by atoms with van der Waals surface area (Å²) in [5, 5.41) is 0. The third-order valence-corrected chi connectivity index (χ3v) is 3.54. The minimum atomic E-state index is 0.767. The highest BCUT2D eigenvalue weighted by molar-refractivity contribution is 5.82. The molecular weight excluding hydrogens is 234 g/mol. The SMILES string of the molecule is Cc1ccc2c(c1)nc(-c1cc(N)ccc1C)n2C. The summed E-state index contributed by atoms with van der Waals surface area (Å²) in [6.07, 6.45) is 0. The van der Waals surface area contributed by atoms with Crippen LogP contribution < -0.4 is 5.73 Å². The van der Waals surface area contributed by atoms with Crippen LogP contribution >= 0.6 is 0 Å². The zero-order valence-corrected chi connectivity index (χ0v) is 11.4. The molecule has 0 unspecified atom stereocenters. The van der Waals surface area contributed by atoms with Crippen molar-refractivity contribution in [2.45, 2.75) is 13.8 Å². The molecule has 2 N–H and O–H groups in total. The molecule has 0 amide bonds. The van der Waals surface area contributed by atoms with E-state index in [9.17, 15) is 0 Å². The molecule has 0 saturated carbocycles. The standard InChI is InChI=1S/C16H17N3/c1-10-4-7-15-14(8-10)18-16(19(15)3)13-9-12(17)6-5-11(13)2/h4-9H,17H2,1-3H3. The highest BCUT2D eigenvalue weighted by Gasteiger charge is 2.12. The Balaban J connectivity index is 2.30. The Labute approximate surface area is 112 Å². The fraction of sp³-hybridized carbons (Fsp3) is 0.188. The van der Waals surface area contributed by atoms with Crippen LogP contribution in [0.5, 0.6) is 0 Å². The summed E-state index contributed by atoms with van der Waals surface area (Å²) in [6, 6.07) is 12.3. The van der Waals surface area contributed by atoms with Gasteiger partial charge in [-0.3, -0.25) is 0 Å². The molecule has 3 rings (SSSR count). The van der Waals surface area contributed by atoms with E-state index in [4.69, 9.17) is 10.7 Å². The van der Waals surface area contributed by atoms with Gasteiger partial charge in [0.2, 0.25) is 0 Å². The summed E-state index contributed by atoms with van der Waals surface area (Å²) in [7, 11) is 2.04. The molecule has 0 aliphatic rings. The summed E-state index contributed by atoms with van der Waals surface area (Å²) in [6.45, 7) is 4.17. The van der Waals surface area contributed by atoms with Crippen molar-refractivity contribution in [1.82, 2.24) is 9.55 Å². The predicted molar refractivity (Wildman–Crippen MR) is 80.0 cm³/mol. The Bertz CT molecular complexity index is 769. The number of benzene rings is 2. The summed E-state index contributed by atoms with van der Waals surface area (Å²) in [5.41, 5.74) is 12.3. The number of nitrogen functional groups attached to an aromatic ring is 1. The number of nitrogens with zero attached hydrogens (tertiary/aromatic N) is 2. The predicted octanol–water partition coefficient (Wildman–Crippen LogP) is 3.44. The number of nitrogens with two attached hydrogens (primary N) is 1. The van der Waals surface area contributed by atoms with Gasteiger partial charge in [-0.25, -0.2) is 4.98 Å². The Morgan fingerprint density at radius 3 is 2.63 bits per heavy atom. The van der Waals surface area contributed by atoms with Crippen LogP contribution in [0.25, 0.3) is 22.4 Å². The van der Waals surface area contributed by atoms with Crippen molar-refractivity contribution in [3.8, 4) is 11.4 Å². The quantitative estimate of drug-likeness (QED) is 0.673. The summed E-state index contributed by atoms with van der Waals surface area (Å²) in [5.74, 6) is 0.963. The van der Waals surface area contributed by atoms with E-state index in [1.54, 1.807) is 0 Å². The van der Waals surface area contributed by atoms with Gasteiger partial charge < -0.3 is 10.3 Å². The molecule has 3 aromatic rings. The molecule has 1 heterocycles. The Morgan fingerprint density at radius 2 is 1.84 bits per heavy atom. The normalized spacial score (nSPS) is 11.1. The van der Waals surface area contributed by atoms with Crippen molar-refractivity contribution in [3.05, 3.63) is 47.5 Å². The van der Waals surface area contributed by atoms with E-state index in [0.717, 1.165) is 28.1 Å². The van der Waals surface area contributed by atoms with Gasteiger partial charge in [0, 0.05) is 18.3 Å². The molecule has 0 spiro atoms. The molecule has 0 aliphatic carbocycles. The van der Waals surface area contributed by atoms with Crippen LogP contribution in [0.1, 0.15) is 11.1 Å². The molecule has 0 saturated heterocycles. The zero-order chi connectivity index (χ0) is 13.6. The molecule has 0 bridgehead atoms. The molecule has 0 radical (unpaired) electrons. The Hall–Kier alpha value is -2.29. The number of hydrogen-bond donors (Lipinski definition) is 1. The van der Waals surface area contributed by atoms with Crippen molar-refractivity contribution in [2.24, 2.45) is 7.05 Å². The first-order valence-corrected chi connectivity index (χ1v) is 6.36. The summed E-state index contributed by atoms with van der Waals surface area (Å²) >= 11 is 0. The first-order chi connectivity index (χ1) is 9.06. The zero-order valence-electron chi connectivity index (χ0n) is 11.4. The first-order valence-electron chi connectivity index (χ1n) is 6.36. The van der Waals surface area contributed by atoms with Crippen LogP contribution in [0.15, 0.2) is 36.4 Å². The lowest BCUT2D eigenvalue weighted by Gasteiger charge is -2.07. The number of anilines is 1. The number of fused-ring (bicyclic) bond motifs is 1. The van der Waals surface area contributed by atoms with E-state index >= 15 is 0 Å². The van der Waals surface area contributed by atoms with Crippen molar-refractivity contribution in [3.63, 3.8) is 0 Å². The van der Waals surface area contributed by atoms with E-state index in [2.05, 4.69) is 36.6 Å². The molecule has 19 heavy (non-hydrogen) atoms. The van der Waals surface area contributed by atoms with Crippen LogP contribution in [-0.2, 0) is 7.05 Å². The van der Waals surface area contributed by atoms with Gasteiger partial charge >= 0.3 is 0 Å². The van der Waals surface area contributed by atoms with Gasteiger partial charge in [-0.2, -0.15) is 0 Å². The average Bonchev–Trinajstić information content (AvgIpc) is 2.69. The van der Waals surface area contributed by atoms with Gasteiger partial charge in [-0.1, -0.05) is 12.1 Å². The van der Waals surface area contributed by atoms with E-state index in [0.29, 0.717) is 0 Å². The Kier molecular flexibility index (Phi) is 2.56. The van der Waals surface area contributed by atoms with Crippen molar-refractivity contribution < 1.29 is 0 Å². The first kappa shape index (κ1) is 11.8. The second kappa shape index (κ2) is 4.12. The van der Waals surface area contributed by atoms with E-state index in [-0.39, 0.29) is 0 Å². The molecule has 0 atom stereocenters.